The number of aromatic amines is 1. The monoisotopic (exact) mass is 458 g/mol. The van der Waals surface area contributed by atoms with E-state index in [1.54, 1.807) is 18.5 Å². The smallest absolute Gasteiger partial charge is 0.308 e. The molecule has 1 saturated heterocycles. The molecule has 0 aliphatic carbocycles. The van der Waals surface area contributed by atoms with Crippen LogP contribution in [0.2, 0.25) is 0 Å². The minimum Gasteiger partial charge on any atom is -0.424 e. The zero-order valence-electron chi connectivity index (χ0n) is 19.3. The van der Waals surface area contributed by atoms with Crippen molar-refractivity contribution in [1.82, 2.24) is 19.8 Å². The lowest BCUT2D eigenvalue weighted by Crippen LogP contribution is -2.46. The minimum atomic E-state index is -0.370. The molecule has 2 aromatic heterocycles. The van der Waals surface area contributed by atoms with Crippen LogP contribution in [0.3, 0.4) is 0 Å². The third-order valence-electron chi connectivity index (χ3n) is 6.41. The Kier molecular flexibility index (Phi) is 6.13. The summed E-state index contributed by atoms with van der Waals surface area (Å²) in [6, 6.07) is 15.3. The van der Waals surface area contributed by atoms with E-state index in [2.05, 4.69) is 32.9 Å². The first-order valence-corrected chi connectivity index (χ1v) is 11.4. The van der Waals surface area contributed by atoms with E-state index < -0.39 is 0 Å². The minimum absolute atomic E-state index is 0.151. The Hall–Kier alpha value is -3.55. The topological polar surface area (TPSA) is 61.5 Å². The molecule has 4 aromatic rings. The number of likely N-dealkylation sites (N-methyl/N-ethyl adjacent to an activating group) is 1. The third kappa shape index (κ3) is 4.58. The summed E-state index contributed by atoms with van der Waals surface area (Å²) in [7, 11) is 2.11. The maximum Gasteiger partial charge on any atom is 0.308 e. The Balaban J connectivity index is 1.45. The highest BCUT2D eigenvalue weighted by Gasteiger charge is 2.27. The summed E-state index contributed by atoms with van der Waals surface area (Å²) in [5.41, 5.74) is 4.52. The van der Waals surface area contributed by atoms with E-state index in [9.17, 15) is 9.18 Å². The number of nitrogens with one attached hydrogen (secondary N) is 1. The van der Waals surface area contributed by atoms with E-state index in [0.717, 1.165) is 47.2 Å². The molecule has 1 aliphatic heterocycles. The Bertz CT molecular complexity index is 1320. The molecular weight excluding hydrogens is 431 g/mol. The molecule has 5 rings (SSSR count). The molecule has 0 amide bonds. The van der Waals surface area contributed by atoms with E-state index in [0.29, 0.717) is 17.9 Å². The predicted octanol–water partition coefficient (Wildman–Crippen LogP) is 4.78. The zero-order valence-corrected chi connectivity index (χ0v) is 19.3. The first kappa shape index (κ1) is 22.3. The number of benzene rings is 2. The maximum absolute atomic E-state index is 14.9. The highest BCUT2D eigenvalue weighted by molar-refractivity contribution is 5.92. The number of ether oxygens (including phenoxy) is 1. The number of carbonyl (C=O) groups excluding carboxylic acids is 1. The molecule has 1 fully saturated rings. The third-order valence-corrected chi connectivity index (χ3v) is 6.41. The lowest BCUT2D eigenvalue weighted by Gasteiger charge is -2.40. The molecule has 1 unspecified atom stereocenters. The van der Waals surface area contributed by atoms with Crippen molar-refractivity contribution in [3.63, 3.8) is 0 Å². The molecule has 1 N–H and O–H groups in total. The van der Waals surface area contributed by atoms with Crippen molar-refractivity contribution in [3.05, 3.63) is 84.1 Å². The van der Waals surface area contributed by atoms with Gasteiger partial charge in [0, 0.05) is 74.2 Å². The fourth-order valence-electron chi connectivity index (χ4n) is 4.64. The molecule has 174 valence electrons. The number of rotatable bonds is 5. The van der Waals surface area contributed by atoms with Gasteiger partial charge in [-0.15, -0.1) is 0 Å². The normalized spacial score (nSPS) is 17.2. The molecule has 1 atom stereocenters. The average molecular weight is 459 g/mol. The van der Waals surface area contributed by atoms with Gasteiger partial charge in [0.25, 0.3) is 0 Å². The van der Waals surface area contributed by atoms with Gasteiger partial charge in [0.15, 0.2) is 5.75 Å². The summed E-state index contributed by atoms with van der Waals surface area (Å²) in [5.74, 6) is -0.0925. The summed E-state index contributed by atoms with van der Waals surface area (Å²) in [6.07, 6.45) is 5.35. The van der Waals surface area contributed by atoms with Crippen LogP contribution in [-0.2, 0) is 11.3 Å². The molecule has 0 radical (unpaired) electrons. The molecule has 6 nitrogen and oxygen atoms in total. The van der Waals surface area contributed by atoms with Crippen LogP contribution >= 0.6 is 0 Å². The van der Waals surface area contributed by atoms with Gasteiger partial charge in [-0.05, 0) is 54.1 Å². The number of hydrogen-bond acceptors (Lipinski definition) is 5. The van der Waals surface area contributed by atoms with Gasteiger partial charge in [0.1, 0.15) is 5.82 Å². The van der Waals surface area contributed by atoms with Crippen LogP contribution in [0.15, 0.2) is 67.1 Å². The van der Waals surface area contributed by atoms with Crippen molar-refractivity contribution in [2.24, 2.45) is 0 Å². The number of pyridine rings is 1. The van der Waals surface area contributed by atoms with Crippen LogP contribution in [0.5, 0.6) is 5.75 Å². The summed E-state index contributed by atoms with van der Waals surface area (Å²) in [4.78, 5) is 23.5. The summed E-state index contributed by atoms with van der Waals surface area (Å²) < 4.78 is 20.3. The van der Waals surface area contributed by atoms with Crippen molar-refractivity contribution in [1.29, 1.82) is 0 Å². The van der Waals surface area contributed by atoms with Crippen LogP contribution in [0.1, 0.15) is 24.1 Å². The van der Waals surface area contributed by atoms with Crippen molar-refractivity contribution < 1.29 is 13.9 Å². The standard InChI is InChI=1S/C27H27FN4O2/c1-18(33)34-27-15-30-25-8-6-20(13-23(25)27)19-5-7-24(28)22(12-19)16-32-11-10-31(2)17-26(32)21-4-3-9-29-14-21/h3-9,12-15,26,30H,10-11,16-17H2,1-2H3. The number of esters is 1. The van der Waals surface area contributed by atoms with Gasteiger partial charge >= 0.3 is 5.97 Å². The van der Waals surface area contributed by atoms with Crippen LogP contribution in [0.4, 0.5) is 4.39 Å². The highest BCUT2D eigenvalue weighted by atomic mass is 19.1. The second-order valence-corrected chi connectivity index (χ2v) is 8.85. The molecule has 34 heavy (non-hydrogen) atoms. The van der Waals surface area contributed by atoms with E-state index in [1.807, 2.05) is 36.5 Å². The number of aromatic nitrogens is 2. The van der Waals surface area contributed by atoms with Crippen LogP contribution in [-0.4, -0.2) is 52.4 Å². The van der Waals surface area contributed by atoms with Crippen LogP contribution < -0.4 is 4.74 Å². The fourth-order valence-corrected chi connectivity index (χ4v) is 4.64. The number of piperazine rings is 1. The first-order chi connectivity index (χ1) is 16.5. The molecule has 0 spiro atoms. The van der Waals surface area contributed by atoms with E-state index in [-0.39, 0.29) is 17.8 Å². The van der Waals surface area contributed by atoms with Crippen molar-refractivity contribution in [3.8, 4) is 16.9 Å². The summed E-state index contributed by atoms with van der Waals surface area (Å²) in [5, 5.41) is 0.814. The fraction of sp³-hybridized carbons (Fsp3) is 0.259. The Labute approximate surface area is 198 Å². The van der Waals surface area contributed by atoms with Gasteiger partial charge in [0.2, 0.25) is 0 Å². The van der Waals surface area contributed by atoms with Crippen molar-refractivity contribution in [2.75, 3.05) is 26.7 Å². The number of hydrogen-bond donors (Lipinski definition) is 1. The van der Waals surface area contributed by atoms with Gasteiger partial charge in [-0.3, -0.25) is 14.7 Å². The van der Waals surface area contributed by atoms with Gasteiger partial charge in [-0.1, -0.05) is 18.2 Å². The van der Waals surface area contributed by atoms with Gasteiger partial charge in [-0.2, -0.15) is 0 Å². The molecular formula is C27H27FN4O2. The average Bonchev–Trinajstić information content (AvgIpc) is 3.23. The predicted molar refractivity (Wildman–Crippen MR) is 130 cm³/mol. The van der Waals surface area contributed by atoms with Gasteiger partial charge in [0.05, 0.1) is 0 Å². The number of carbonyl (C=O) groups is 1. The van der Waals surface area contributed by atoms with E-state index in [1.165, 1.54) is 13.0 Å². The Morgan fingerprint density at radius 3 is 2.79 bits per heavy atom. The SMILES string of the molecule is CC(=O)Oc1c[nH]c2ccc(-c3ccc(F)c(CN4CCN(C)CC4c4cccnc4)c3)cc12. The van der Waals surface area contributed by atoms with Crippen LogP contribution in [0.25, 0.3) is 22.0 Å². The molecule has 0 bridgehead atoms. The van der Waals surface area contributed by atoms with Gasteiger partial charge < -0.3 is 14.6 Å². The lowest BCUT2D eigenvalue weighted by atomic mass is 9.99. The Morgan fingerprint density at radius 1 is 1.18 bits per heavy atom. The van der Waals surface area contributed by atoms with Crippen LogP contribution in [0, 0.1) is 5.82 Å². The Morgan fingerprint density at radius 2 is 2.00 bits per heavy atom. The second kappa shape index (κ2) is 9.37. The first-order valence-electron chi connectivity index (χ1n) is 11.4. The molecule has 2 aromatic carbocycles. The number of nitrogens with zero attached hydrogens (tertiary/aromatic N) is 3. The largest absolute Gasteiger partial charge is 0.424 e. The zero-order chi connectivity index (χ0) is 23.7. The number of H-pyrrole nitrogens is 1. The summed E-state index contributed by atoms with van der Waals surface area (Å²) >= 11 is 0. The molecule has 7 heteroatoms. The van der Waals surface area contributed by atoms with Crippen molar-refractivity contribution >= 4 is 16.9 Å². The number of fused-ring (bicyclic) bond motifs is 1. The molecule has 3 heterocycles. The van der Waals surface area contributed by atoms with Gasteiger partial charge in [-0.25, -0.2) is 4.39 Å². The van der Waals surface area contributed by atoms with E-state index in [4.69, 9.17) is 4.74 Å². The quantitative estimate of drug-likeness (QED) is 0.436. The van der Waals surface area contributed by atoms with Crippen molar-refractivity contribution in [2.45, 2.75) is 19.5 Å². The highest BCUT2D eigenvalue weighted by Crippen LogP contribution is 2.32. The maximum atomic E-state index is 14.9. The molecule has 0 saturated carbocycles. The second-order valence-electron chi connectivity index (χ2n) is 8.85. The summed E-state index contributed by atoms with van der Waals surface area (Å²) in [6.45, 7) is 4.54. The molecule has 1 aliphatic rings. The van der Waals surface area contributed by atoms with E-state index >= 15 is 0 Å². The lowest BCUT2D eigenvalue weighted by molar-refractivity contribution is -0.131. The number of halogens is 1.